The van der Waals surface area contributed by atoms with Crippen molar-refractivity contribution in [1.29, 1.82) is 0 Å². The molecule has 1 nitrogen and oxygen atoms in total. The summed E-state index contributed by atoms with van der Waals surface area (Å²) in [5.74, 6) is 0. The van der Waals surface area contributed by atoms with Crippen molar-refractivity contribution in [2.24, 2.45) is 0 Å². The lowest BCUT2D eigenvalue weighted by atomic mass is 9.83. The third-order valence-corrected chi connectivity index (χ3v) is 11.0. The average Bonchev–Trinajstić information content (AvgIpc) is 3.62. The van der Waals surface area contributed by atoms with Crippen molar-refractivity contribution in [3.05, 3.63) is 194 Å². The lowest BCUT2D eigenvalue weighted by molar-refractivity contribution is 0.674. The Hall–Kier alpha value is -6.96. The predicted octanol–water partition coefficient (Wildman–Crippen LogP) is 14.9. The second-order valence-electron chi connectivity index (χ2n) is 13.9. The first kappa shape index (κ1) is 29.7. The number of fused-ring (bicyclic) bond motifs is 8. The second kappa shape index (κ2) is 11.8. The van der Waals surface area contributed by atoms with Crippen LogP contribution in [0.2, 0.25) is 0 Å². The zero-order chi connectivity index (χ0) is 34.9. The van der Waals surface area contributed by atoms with Crippen molar-refractivity contribution >= 4 is 65.0 Å². The Morgan fingerprint density at radius 3 is 1.38 bits per heavy atom. The van der Waals surface area contributed by atoms with Gasteiger partial charge in [0.25, 0.3) is 0 Å². The van der Waals surface area contributed by atoms with Gasteiger partial charge in [0.1, 0.15) is 11.2 Å². The summed E-state index contributed by atoms with van der Waals surface area (Å²) < 4.78 is 6.88. The molecule has 11 rings (SSSR count). The highest BCUT2D eigenvalue weighted by molar-refractivity contribution is 6.25. The minimum Gasteiger partial charge on any atom is -0.455 e. The van der Waals surface area contributed by atoms with Crippen molar-refractivity contribution < 1.29 is 4.42 Å². The van der Waals surface area contributed by atoms with Crippen LogP contribution in [0.1, 0.15) is 0 Å². The molecule has 246 valence electrons. The van der Waals surface area contributed by atoms with Crippen LogP contribution in [-0.4, -0.2) is 0 Å². The molecule has 0 saturated heterocycles. The molecule has 0 spiro atoms. The van der Waals surface area contributed by atoms with Gasteiger partial charge in [0.15, 0.2) is 0 Å². The molecule has 1 heteroatoms. The zero-order valence-corrected chi connectivity index (χ0v) is 28.9. The molecule has 0 unspecified atom stereocenters. The summed E-state index contributed by atoms with van der Waals surface area (Å²) in [6.45, 7) is 0. The molecule has 10 aromatic carbocycles. The molecule has 0 aliphatic heterocycles. The molecule has 1 heterocycles. The van der Waals surface area contributed by atoms with Gasteiger partial charge in [-0.1, -0.05) is 176 Å². The van der Waals surface area contributed by atoms with E-state index in [2.05, 4.69) is 194 Å². The first-order valence-electron chi connectivity index (χ1n) is 18.3. The predicted molar refractivity (Wildman–Crippen MR) is 225 cm³/mol. The third kappa shape index (κ3) is 4.58. The third-order valence-electron chi connectivity index (χ3n) is 11.0. The van der Waals surface area contributed by atoms with E-state index in [1.54, 1.807) is 0 Å². The molecule has 0 aliphatic rings. The van der Waals surface area contributed by atoms with E-state index in [9.17, 15) is 0 Å². The SMILES string of the molecule is c1ccc(-c2ccc(-c3c4ccccc4c(-c4cc(-c5ccccc5)c5oc6c7ccccc7ccc6c5c4)c4ccccc34)c3ccccc23)cc1. The summed E-state index contributed by atoms with van der Waals surface area (Å²) in [5, 5.41) is 12.0. The van der Waals surface area contributed by atoms with E-state index < -0.39 is 0 Å². The molecule has 0 bridgehead atoms. The van der Waals surface area contributed by atoms with Crippen LogP contribution in [0.25, 0.3) is 110 Å². The summed E-state index contributed by atoms with van der Waals surface area (Å²) in [6, 6.07) is 70.5. The fourth-order valence-electron chi connectivity index (χ4n) is 8.70. The molecular formula is C52H32O. The van der Waals surface area contributed by atoms with Crippen LogP contribution >= 0.6 is 0 Å². The lowest BCUT2D eigenvalue weighted by Gasteiger charge is -2.20. The summed E-state index contributed by atoms with van der Waals surface area (Å²) in [4.78, 5) is 0. The van der Waals surface area contributed by atoms with Gasteiger partial charge in [-0.05, 0) is 94.8 Å². The maximum absolute atomic E-state index is 6.88. The first-order chi connectivity index (χ1) is 26.3. The summed E-state index contributed by atoms with van der Waals surface area (Å²) in [7, 11) is 0. The molecule has 53 heavy (non-hydrogen) atoms. The maximum atomic E-state index is 6.88. The molecule has 0 aliphatic carbocycles. The Bertz CT molecular complexity index is 3150. The number of benzene rings is 10. The Balaban J connectivity index is 1.24. The summed E-state index contributed by atoms with van der Waals surface area (Å²) >= 11 is 0. The lowest BCUT2D eigenvalue weighted by Crippen LogP contribution is -1.93. The van der Waals surface area contributed by atoms with Gasteiger partial charge in [-0.25, -0.2) is 0 Å². The van der Waals surface area contributed by atoms with E-state index in [0.29, 0.717) is 0 Å². The molecule has 0 fully saturated rings. The van der Waals surface area contributed by atoms with E-state index in [1.807, 2.05) is 0 Å². The largest absolute Gasteiger partial charge is 0.455 e. The van der Waals surface area contributed by atoms with E-state index >= 15 is 0 Å². The fraction of sp³-hybridized carbons (Fsp3) is 0. The van der Waals surface area contributed by atoms with Gasteiger partial charge in [-0.3, -0.25) is 0 Å². The molecule has 0 atom stereocenters. The minimum absolute atomic E-state index is 0.918. The number of furan rings is 1. The van der Waals surface area contributed by atoms with E-state index in [-0.39, 0.29) is 0 Å². The average molecular weight is 673 g/mol. The highest BCUT2D eigenvalue weighted by atomic mass is 16.3. The number of hydrogen-bond donors (Lipinski definition) is 0. The first-order valence-corrected chi connectivity index (χ1v) is 18.3. The Morgan fingerprint density at radius 2 is 0.736 bits per heavy atom. The molecule has 0 saturated carbocycles. The highest BCUT2D eigenvalue weighted by Crippen LogP contribution is 2.48. The molecule has 1 aromatic heterocycles. The van der Waals surface area contributed by atoms with Gasteiger partial charge in [0.05, 0.1) is 0 Å². The van der Waals surface area contributed by atoms with E-state index in [1.165, 1.54) is 71.1 Å². The van der Waals surface area contributed by atoms with Crippen LogP contribution < -0.4 is 0 Å². The van der Waals surface area contributed by atoms with Crippen LogP contribution in [-0.2, 0) is 0 Å². The summed E-state index contributed by atoms with van der Waals surface area (Å²) in [5.41, 5.74) is 11.5. The summed E-state index contributed by atoms with van der Waals surface area (Å²) in [6.07, 6.45) is 0. The Kier molecular flexibility index (Phi) is 6.62. The minimum atomic E-state index is 0.918. The van der Waals surface area contributed by atoms with E-state index in [4.69, 9.17) is 4.42 Å². The van der Waals surface area contributed by atoms with Crippen LogP contribution in [0.4, 0.5) is 0 Å². The Labute approximate surface area is 307 Å². The molecule has 0 amide bonds. The molecule has 0 radical (unpaired) electrons. The van der Waals surface area contributed by atoms with Crippen molar-refractivity contribution in [1.82, 2.24) is 0 Å². The van der Waals surface area contributed by atoms with Crippen LogP contribution in [0.5, 0.6) is 0 Å². The molecule has 0 N–H and O–H groups in total. The second-order valence-corrected chi connectivity index (χ2v) is 13.9. The van der Waals surface area contributed by atoms with Crippen LogP contribution in [0, 0.1) is 0 Å². The topological polar surface area (TPSA) is 13.1 Å². The normalized spacial score (nSPS) is 11.8. The van der Waals surface area contributed by atoms with Crippen molar-refractivity contribution in [2.45, 2.75) is 0 Å². The van der Waals surface area contributed by atoms with Crippen molar-refractivity contribution in [2.75, 3.05) is 0 Å². The fourth-order valence-corrected chi connectivity index (χ4v) is 8.70. The molecule has 11 aromatic rings. The van der Waals surface area contributed by atoms with Crippen LogP contribution in [0.3, 0.4) is 0 Å². The van der Waals surface area contributed by atoms with Gasteiger partial charge in [0, 0.05) is 21.7 Å². The van der Waals surface area contributed by atoms with Gasteiger partial charge in [0.2, 0.25) is 0 Å². The van der Waals surface area contributed by atoms with Gasteiger partial charge in [-0.15, -0.1) is 0 Å². The Morgan fingerprint density at radius 1 is 0.245 bits per heavy atom. The smallest absolute Gasteiger partial charge is 0.143 e. The monoisotopic (exact) mass is 672 g/mol. The molecular weight excluding hydrogens is 641 g/mol. The van der Waals surface area contributed by atoms with Crippen LogP contribution in [0.15, 0.2) is 199 Å². The standard InChI is InChI=1S/C52H32O/c1-3-15-33(16-4-1)37-29-30-45(40-22-10-9-21-39(37)40)50-43-25-13-11-23-41(43)49(42-24-12-14-26-44(42)50)36-31-47(34-17-5-2-6-18-34)52-48(32-36)46-28-27-35-19-7-8-20-38(35)51(46)53-52/h1-32H. The zero-order valence-electron chi connectivity index (χ0n) is 28.9. The quantitative estimate of drug-likeness (QED) is 0.170. The van der Waals surface area contributed by atoms with Gasteiger partial charge < -0.3 is 4.42 Å². The highest BCUT2D eigenvalue weighted by Gasteiger charge is 2.22. The van der Waals surface area contributed by atoms with Crippen molar-refractivity contribution in [3.8, 4) is 44.5 Å². The van der Waals surface area contributed by atoms with E-state index in [0.717, 1.165) is 38.5 Å². The number of rotatable bonds is 4. The van der Waals surface area contributed by atoms with Gasteiger partial charge in [-0.2, -0.15) is 0 Å². The maximum Gasteiger partial charge on any atom is 0.143 e. The van der Waals surface area contributed by atoms with Gasteiger partial charge >= 0.3 is 0 Å². The van der Waals surface area contributed by atoms with Crippen molar-refractivity contribution in [3.63, 3.8) is 0 Å². The number of hydrogen-bond acceptors (Lipinski definition) is 1.